The van der Waals surface area contributed by atoms with Gasteiger partial charge in [-0.1, -0.05) is 0 Å². The second kappa shape index (κ2) is 7.94. The summed E-state index contributed by atoms with van der Waals surface area (Å²) in [5.41, 5.74) is 0. The maximum Gasteiger partial charge on any atom is 2.00 e. The molecule has 0 aromatic carbocycles. The van der Waals surface area contributed by atoms with E-state index in [0.717, 1.165) is 0 Å². The van der Waals surface area contributed by atoms with Gasteiger partial charge in [-0.2, -0.15) is 0 Å². The van der Waals surface area contributed by atoms with Crippen LogP contribution in [0.4, 0.5) is 0 Å². The topological polar surface area (TPSA) is 74.6 Å². The van der Waals surface area contributed by atoms with Crippen LogP contribution < -0.4 is 0 Å². The molecule has 2 atom stereocenters. The van der Waals surface area contributed by atoms with Crippen LogP contribution >= 0.6 is 0 Å². The van der Waals surface area contributed by atoms with Gasteiger partial charge in [0.1, 0.15) is 0 Å². The standard InChI is InChI=1S/C5H10O4Se.Ba/c1-2-3-4(5(6)7)10(8)9;/h4H,2-3H2,1H3,(H,6,7)(H,8,9);/q;+2. The van der Waals surface area contributed by atoms with Crippen LogP contribution in [-0.4, -0.2) is 78.3 Å². The Morgan fingerprint density at radius 3 is 2.18 bits per heavy atom. The first-order valence-corrected chi connectivity index (χ1v) is 5.37. The SMILES string of the molecule is CCCC(C(=O)O)[Se](=O)O.[Ba+2]. The first-order valence-electron chi connectivity index (χ1n) is 2.92. The Hall–Kier alpha value is 1.32. The van der Waals surface area contributed by atoms with Crippen molar-refractivity contribution in [3.05, 3.63) is 0 Å². The fourth-order valence-corrected chi connectivity index (χ4v) is 1.85. The van der Waals surface area contributed by atoms with Crippen molar-refractivity contribution < 1.29 is 17.9 Å². The molecule has 11 heavy (non-hydrogen) atoms. The maximum atomic E-state index is 10.4. The number of hydrogen-bond donors (Lipinski definition) is 2. The smallest absolute Gasteiger partial charge is 2.00 e. The van der Waals surface area contributed by atoms with Gasteiger partial charge in [0.05, 0.1) is 0 Å². The zero-order chi connectivity index (χ0) is 8.15. The van der Waals surface area contributed by atoms with Crippen molar-refractivity contribution in [2.24, 2.45) is 0 Å². The Kier molecular flexibility index (Phi) is 10.7. The average Bonchev–Trinajstić information content (AvgIpc) is 1.81. The van der Waals surface area contributed by atoms with Gasteiger partial charge in [0, 0.05) is 0 Å². The molecule has 2 N–H and O–H groups in total. The molecule has 4 nitrogen and oxygen atoms in total. The Morgan fingerprint density at radius 2 is 2.09 bits per heavy atom. The third kappa shape index (κ3) is 6.48. The molecule has 0 fully saturated rings. The Labute approximate surface area is 110 Å². The van der Waals surface area contributed by atoms with Crippen molar-refractivity contribution in [3.8, 4) is 0 Å². The predicted molar refractivity (Wildman–Crippen MR) is 40.7 cm³/mol. The molecule has 0 bridgehead atoms. The molecule has 0 aliphatic rings. The summed E-state index contributed by atoms with van der Waals surface area (Å²) in [4.78, 5) is 9.18. The van der Waals surface area contributed by atoms with Crippen LogP contribution in [0, 0.1) is 0 Å². The summed E-state index contributed by atoms with van der Waals surface area (Å²) in [6.07, 6.45) is 0.916. The zero-order valence-corrected chi connectivity index (χ0v) is 12.5. The number of carboxylic acid groups (broad SMARTS) is 1. The van der Waals surface area contributed by atoms with E-state index in [1.165, 1.54) is 0 Å². The Bertz CT molecular complexity index is 135. The van der Waals surface area contributed by atoms with Gasteiger partial charge in [-0.05, 0) is 0 Å². The minimum atomic E-state index is -3.09. The summed E-state index contributed by atoms with van der Waals surface area (Å²) in [5.74, 6) is -1.16. The van der Waals surface area contributed by atoms with Crippen LogP contribution in [0.5, 0.6) is 0 Å². The summed E-state index contributed by atoms with van der Waals surface area (Å²) in [5, 5.41) is 8.35. The normalized spacial score (nSPS) is 14.7. The van der Waals surface area contributed by atoms with E-state index in [-0.39, 0.29) is 48.9 Å². The van der Waals surface area contributed by atoms with E-state index in [1.54, 1.807) is 6.92 Å². The first-order chi connectivity index (χ1) is 4.59. The molecular weight excluding hydrogens is 340 g/mol. The molecule has 60 valence electrons. The number of carbonyl (C=O) groups is 1. The second-order valence-electron chi connectivity index (χ2n) is 1.89. The summed E-state index contributed by atoms with van der Waals surface area (Å²) in [6.45, 7) is 1.78. The van der Waals surface area contributed by atoms with E-state index in [4.69, 9.17) is 9.30 Å². The fourth-order valence-electron chi connectivity index (χ4n) is 0.573. The molecular formula is C5H10BaO4Se+2. The molecule has 0 amide bonds. The quantitative estimate of drug-likeness (QED) is 0.687. The third-order valence-corrected chi connectivity index (χ3v) is 3.01. The van der Waals surface area contributed by atoms with Crippen molar-refractivity contribution in [2.75, 3.05) is 0 Å². The van der Waals surface area contributed by atoms with E-state index in [1.807, 2.05) is 0 Å². The Morgan fingerprint density at radius 1 is 1.64 bits per heavy atom. The fraction of sp³-hybridized carbons (Fsp3) is 0.800. The second-order valence-corrected chi connectivity index (χ2v) is 4.24. The van der Waals surface area contributed by atoms with Gasteiger partial charge in [0.25, 0.3) is 0 Å². The van der Waals surface area contributed by atoms with Crippen LogP contribution in [0.2, 0.25) is 4.82 Å². The average molecular weight is 350 g/mol. The van der Waals surface area contributed by atoms with E-state index >= 15 is 0 Å². The van der Waals surface area contributed by atoms with E-state index in [2.05, 4.69) is 0 Å². The predicted octanol–water partition coefficient (Wildman–Crippen LogP) is -0.228. The number of carboxylic acids is 1. The molecule has 0 saturated carbocycles. The van der Waals surface area contributed by atoms with Crippen molar-refractivity contribution in [2.45, 2.75) is 24.6 Å². The van der Waals surface area contributed by atoms with Gasteiger partial charge >= 0.3 is 112 Å². The molecule has 0 spiro atoms. The largest absolute Gasteiger partial charge is 2.00 e. The minimum absolute atomic E-state index is 0. The first kappa shape index (κ1) is 14.8. The van der Waals surface area contributed by atoms with Crippen LogP contribution in [0.25, 0.3) is 0 Å². The van der Waals surface area contributed by atoms with Gasteiger partial charge < -0.3 is 0 Å². The summed E-state index contributed by atoms with van der Waals surface area (Å²) < 4.78 is 18.9. The molecule has 0 aliphatic heterocycles. The van der Waals surface area contributed by atoms with Gasteiger partial charge in [-0.3, -0.25) is 0 Å². The van der Waals surface area contributed by atoms with Gasteiger partial charge in [0.2, 0.25) is 0 Å². The summed E-state index contributed by atoms with van der Waals surface area (Å²) in [7, 11) is 0. The molecule has 0 aromatic rings. The third-order valence-electron chi connectivity index (χ3n) is 1.07. The van der Waals surface area contributed by atoms with Crippen molar-refractivity contribution in [1.29, 1.82) is 0 Å². The number of aliphatic carboxylic acids is 1. The van der Waals surface area contributed by atoms with E-state index in [9.17, 15) is 8.63 Å². The van der Waals surface area contributed by atoms with E-state index in [0.29, 0.717) is 12.8 Å². The minimum Gasteiger partial charge on any atom is 2.00 e. The molecule has 2 unspecified atom stereocenters. The molecule has 6 heteroatoms. The van der Waals surface area contributed by atoms with Gasteiger partial charge in [-0.25, -0.2) is 0 Å². The molecule has 0 aromatic heterocycles. The zero-order valence-electron chi connectivity index (χ0n) is 6.32. The summed E-state index contributed by atoms with van der Waals surface area (Å²) in [6, 6.07) is 0. The monoisotopic (exact) mass is 352 g/mol. The van der Waals surface area contributed by atoms with Crippen LogP contribution in [0.1, 0.15) is 19.8 Å². The van der Waals surface area contributed by atoms with Crippen molar-refractivity contribution in [1.82, 2.24) is 0 Å². The van der Waals surface area contributed by atoms with Crippen LogP contribution in [0.3, 0.4) is 0 Å². The van der Waals surface area contributed by atoms with Crippen molar-refractivity contribution >= 4 is 69.0 Å². The van der Waals surface area contributed by atoms with Crippen LogP contribution in [-0.2, 0) is 8.63 Å². The molecule has 0 aliphatic carbocycles. The number of hydrogen-bond acceptors (Lipinski definition) is 2. The molecule has 0 heterocycles. The van der Waals surface area contributed by atoms with E-state index < -0.39 is 24.9 Å². The molecule has 0 radical (unpaired) electrons. The van der Waals surface area contributed by atoms with Gasteiger partial charge in [-0.15, -0.1) is 0 Å². The van der Waals surface area contributed by atoms with Gasteiger partial charge in [0.15, 0.2) is 0 Å². The summed E-state index contributed by atoms with van der Waals surface area (Å²) >= 11 is -3.09. The van der Waals surface area contributed by atoms with Crippen molar-refractivity contribution in [3.63, 3.8) is 0 Å². The molecule has 0 saturated heterocycles. The Balaban J connectivity index is 0. The van der Waals surface area contributed by atoms with Crippen LogP contribution in [0.15, 0.2) is 0 Å². The number of rotatable bonds is 4. The maximum absolute atomic E-state index is 10.4. The molecule has 0 rings (SSSR count).